The lowest BCUT2D eigenvalue weighted by atomic mass is 10.1. The van der Waals surface area contributed by atoms with Gasteiger partial charge in [-0.1, -0.05) is 6.92 Å². The smallest absolute Gasteiger partial charge is 0.174 e. The van der Waals surface area contributed by atoms with E-state index >= 15 is 0 Å². The van der Waals surface area contributed by atoms with Crippen molar-refractivity contribution >= 4 is 43.2 Å². The summed E-state index contributed by atoms with van der Waals surface area (Å²) in [4.78, 5) is 2.58. The minimum Gasteiger partial charge on any atom is -0.457 e. The standard InChI is InChI=1S/C12H13Br2NOS/c1-3-15-10(8-4-5-16-12(8)14)11-9(13)6-7(2)17-11/h4-6,10,15H,3H2,1-2H3. The molecule has 2 rings (SSSR count). The molecule has 0 saturated heterocycles. The van der Waals surface area contributed by atoms with E-state index in [2.05, 4.69) is 57.1 Å². The highest BCUT2D eigenvalue weighted by atomic mass is 79.9. The fourth-order valence-electron chi connectivity index (χ4n) is 1.76. The van der Waals surface area contributed by atoms with Crippen molar-refractivity contribution in [1.29, 1.82) is 0 Å². The molecule has 0 saturated carbocycles. The number of hydrogen-bond acceptors (Lipinski definition) is 3. The molecule has 5 heteroatoms. The molecule has 2 aromatic rings. The van der Waals surface area contributed by atoms with Gasteiger partial charge in [0.05, 0.1) is 12.3 Å². The molecule has 0 radical (unpaired) electrons. The Morgan fingerprint density at radius 3 is 2.71 bits per heavy atom. The van der Waals surface area contributed by atoms with Crippen LogP contribution in [0.15, 0.2) is 32.0 Å². The normalized spacial score (nSPS) is 12.9. The van der Waals surface area contributed by atoms with Crippen LogP contribution < -0.4 is 5.32 Å². The third-order valence-corrected chi connectivity index (χ3v) is 5.14. The van der Waals surface area contributed by atoms with Gasteiger partial charge in [-0.25, -0.2) is 0 Å². The van der Waals surface area contributed by atoms with E-state index in [0.29, 0.717) is 0 Å². The van der Waals surface area contributed by atoms with Crippen molar-refractivity contribution in [2.45, 2.75) is 19.9 Å². The van der Waals surface area contributed by atoms with Crippen molar-refractivity contribution in [2.75, 3.05) is 6.54 Å². The van der Waals surface area contributed by atoms with Gasteiger partial charge in [0.2, 0.25) is 0 Å². The number of hydrogen-bond donors (Lipinski definition) is 1. The van der Waals surface area contributed by atoms with Crippen LogP contribution in [0, 0.1) is 6.92 Å². The first-order chi connectivity index (χ1) is 8.13. The Balaban J connectivity index is 2.42. The quantitative estimate of drug-likeness (QED) is 0.820. The van der Waals surface area contributed by atoms with Gasteiger partial charge < -0.3 is 9.73 Å². The summed E-state index contributed by atoms with van der Waals surface area (Å²) < 4.78 is 7.27. The zero-order valence-electron chi connectivity index (χ0n) is 9.59. The zero-order chi connectivity index (χ0) is 12.4. The SMILES string of the molecule is CCNC(c1ccoc1Br)c1sc(C)cc1Br. The van der Waals surface area contributed by atoms with E-state index in [1.54, 1.807) is 17.6 Å². The number of aryl methyl sites for hydroxylation is 1. The molecule has 17 heavy (non-hydrogen) atoms. The van der Waals surface area contributed by atoms with Crippen LogP contribution in [0.1, 0.15) is 28.3 Å². The average molecular weight is 379 g/mol. The lowest BCUT2D eigenvalue weighted by Crippen LogP contribution is -2.21. The average Bonchev–Trinajstić information content (AvgIpc) is 2.82. The van der Waals surface area contributed by atoms with Gasteiger partial charge in [-0.3, -0.25) is 0 Å². The van der Waals surface area contributed by atoms with Crippen LogP contribution in [0.5, 0.6) is 0 Å². The molecule has 2 aromatic heterocycles. The predicted octanol–water partition coefficient (Wildman–Crippen LogP) is 4.87. The highest BCUT2D eigenvalue weighted by molar-refractivity contribution is 9.10. The maximum atomic E-state index is 5.33. The van der Waals surface area contributed by atoms with Crippen molar-refractivity contribution in [3.05, 3.63) is 42.9 Å². The second-order valence-electron chi connectivity index (χ2n) is 3.71. The maximum absolute atomic E-state index is 5.33. The maximum Gasteiger partial charge on any atom is 0.174 e. The second kappa shape index (κ2) is 5.69. The molecular formula is C12H13Br2NOS. The highest BCUT2D eigenvalue weighted by Gasteiger charge is 2.21. The minimum absolute atomic E-state index is 0.168. The molecular weight excluding hydrogens is 366 g/mol. The molecule has 0 aliphatic carbocycles. The van der Waals surface area contributed by atoms with Gasteiger partial charge in [-0.2, -0.15) is 0 Å². The van der Waals surface area contributed by atoms with Crippen molar-refractivity contribution < 1.29 is 4.42 Å². The van der Waals surface area contributed by atoms with E-state index in [-0.39, 0.29) is 6.04 Å². The Morgan fingerprint density at radius 2 is 2.24 bits per heavy atom. The molecule has 2 nitrogen and oxygen atoms in total. The first-order valence-corrected chi connectivity index (χ1v) is 7.75. The molecule has 1 N–H and O–H groups in total. The molecule has 2 heterocycles. The molecule has 1 atom stereocenters. The lowest BCUT2D eigenvalue weighted by molar-refractivity contribution is 0.527. The van der Waals surface area contributed by atoms with Crippen LogP contribution in [-0.4, -0.2) is 6.54 Å². The van der Waals surface area contributed by atoms with Crippen molar-refractivity contribution in [2.24, 2.45) is 0 Å². The van der Waals surface area contributed by atoms with Gasteiger partial charge >= 0.3 is 0 Å². The van der Waals surface area contributed by atoms with Gasteiger partial charge in [0.25, 0.3) is 0 Å². The largest absolute Gasteiger partial charge is 0.457 e. The number of nitrogens with one attached hydrogen (secondary N) is 1. The minimum atomic E-state index is 0.168. The van der Waals surface area contributed by atoms with Gasteiger partial charge in [-0.15, -0.1) is 11.3 Å². The van der Waals surface area contributed by atoms with E-state index in [1.165, 1.54) is 9.75 Å². The van der Waals surface area contributed by atoms with Gasteiger partial charge in [0.15, 0.2) is 4.67 Å². The Bertz CT molecular complexity index is 506. The Labute approximate surface area is 122 Å². The monoisotopic (exact) mass is 377 g/mol. The Morgan fingerprint density at radius 1 is 1.47 bits per heavy atom. The van der Waals surface area contributed by atoms with Crippen LogP contribution in [0.2, 0.25) is 0 Å². The summed E-state index contributed by atoms with van der Waals surface area (Å²) >= 11 is 8.87. The summed E-state index contributed by atoms with van der Waals surface area (Å²) in [6.07, 6.45) is 1.71. The van der Waals surface area contributed by atoms with E-state index in [1.807, 2.05) is 6.07 Å². The molecule has 0 fully saturated rings. The highest BCUT2D eigenvalue weighted by Crippen LogP contribution is 2.38. The van der Waals surface area contributed by atoms with Crippen LogP contribution in [0.3, 0.4) is 0 Å². The van der Waals surface area contributed by atoms with Crippen LogP contribution in [0.4, 0.5) is 0 Å². The molecule has 1 unspecified atom stereocenters. The van der Waals surface area contributed by atoms with Crippen LogP contribution in [-0.2, 0) is 0 Å². The van der Waals surface area contributed by atoms with Gasteiger partial charge in [0.1, 0.15) is 0 Å². The summed E-state index contributed by atoms with van der Waals surface area (Å²) in [5.74, 6) is 0. The number of halogens is 2. The number of rotatable bonds is 4. The molecule has 0 bridgehead atoms. The molecule has 0 amide bonds. The fraction of sp³-hybridized carbons (Fsp3) is 0.333. The third kappa shape index (κ3) is 2.84. The molecule has 0 aliphatic heterocycles. The first kappa shape index (κ1) is 13.3. The van der Waals surface area contributed by atoms with E-state index in [0.717, 1.165) is 21.3 Å². The van der Waals surface area contributed by atoms with Crippen LogP contribution >= 0.6 is 43.2 Å². The van der Waals surface area contributed by atoms with Crippen molar-refractivity contribution in [3.8, 4) is 0 Å². The van der Waals surface area contributed by atoms with E-state index in [9.17, 15) is 0 Å². The summed E-state index contributed by atoms with van der Waals surface area (Å²) in [6.45, 7) is 5.13. The molecule has 92 valence electrons. The van der Waals surface area contributed by atoms with E-state index < -0.39 is 0 Å². The number of furan rings is 1. The summed E-state index contributed by atoms with van der Waals surface area (Å²) in [5, 5.41) is 3.49. The Hall–Kier alpha value is -0.100. The van der Waals surface area contributed by atoms with Gasteiger partial charge in [-0.05, 0) is 57.5 Å². The van der Waals surface area contributed by atoms with E-state index in [4.69, 9.17) is 4.42 Å². The predicted molar refractivity (Wildman–Crippen MR) is 78.7 cm³/mol. The lowest BCUT2D eigenvalue weighted by Gasteiger charge is -2.16. The molecule has 0 aromatic carbocycles. The Kier molecular flexibility index (Phi) is 4.47. The summed E-state index contributed by atoms with van der Waals surface area (Å²) in [7, 11) is 0. The topological polar surface area (TPSA) is 25.2 Å². The van der Waals surface area contributed by atoms with Gasteiger partial charge in [0, 0.05) is 19.8 Å². The molecule has 0 spiro atoms. The molecule has 0 aliphatic rings. The van der Waals surface area contributed by atoms with Crippen LogP contribution in [0.25, 0.3) is 0 Å². The zero-order valence-corrected chi connectivity index (χ0v) is 13.6. The summed E-state index contributed by atoms with van der Waals surface area (Å²) in [6, 6.07) is 4.32. The first-order valence-electron chi connectivity index (χ1n) is 5.35. The van der Waals surface area contributed by atoms with Crippen molar-refractivity contribution in [1.82, 2.24) is 5.32 Å². The number of thiophene rings is 1. The third-order valence-electron chi connectivity index (χ3n) is 2.46. The summed E-state index contributed by atoms with van der Waals surface area (Å²) in [5.41, 5.74) is 1.13. The second-order valence-corrected chi connectivity index (χ2v) is 6.57. The fourth-order valence-corrected chi connectivity index (χ4v) is 4.20. The van der Waals surface area contributed by atoms with Crippen molar-refractivity contribution in [3.63, 3.8) is 0 Å².